The molecule has 5 atom stereocenters. The highest BCUT2D eigenvalue weighted by Gasteiger charge is 2.47. The normalized spacial score (nSPS) is 22.1. The topological polar surface area (TPSA) is 191 Å². The number of fused-ring (bicyclic) bond motifs is 1. The first-order chi connectivity index (χ1) is 20.0. The minimum atomic E-state index is -1.86. The number of amides is 2. The predicted molar refractivity (Wildman–Crippen MR) is 151 cm³/mol. The Morgan fingerprint density at radius 2 is 1.76 bits per heavy atom. The Morgan fingerprint density at radius 3 is 2.43 bits per heavy atom. The fraction of sp³-hybridized carbons (Fsp3) is 0.414. The molecule has 5 unspecified atom stereocenters. The van der Waals surface area contributed by atoms with E-state index in [1.165, 1.54) is 4.90 Å². The number of carbonyl (C=O) groups is 2. The number of H-pyrrole nitrogens is 1. The molecule has 13 heteroatoms. The summed E-state index contributed by atoms with van der Waals surface area (Å²) in [6.45, 7) is 5.69. The van der Waals surface area contributed by atoms with Gasteiger partial charge in [-0.2, -0.15) is 0 Å². The number of ether oxygens (including phenoxy) is 3. The zero-order valence-corrected chi connectivity index (χ0v) is 23.4. The summed E-state index contributed by atoms with van der Waals surface area (Å²) in [7, 11) is 0. The van der Waals surface area contributed by atoms with Gasteiger partial charge in [0, 0.05) is 17.8 Å². The van der Waals surface area contributed by atoms with Crippen LogP contribution in [0.2, 0.25) is 0 Å². The Balaban J connectivity index is 1.54. The number of carboxylic acids is 1. The van der Waals surface area contributed by atoms with Crippen molar-refractivity contribution in [3.63, 3.8) is 0 Å². The third kappa shape index (κ3) is 7.06. The van der Waals surface area contributed by atoms with Crippen LogP contribution in [-0.2, 0) is 20.8 Å². The van der Waals surface area contributed by atoms with Crippen LogP contribution in [0.5, 0.6) is 5.75 Å². The van der Waals surface area contributed by atoms with Gasteiger partial charge in [0.05, 0.1) is 25.3 Å². The van der Waals surface area contributed by atoms with Gasteiger partial charge in [0.1, 0.15) is 24.1 Å². The van der Waals surface area contributed by atoms with Crippen LogP contribution in [0.3, 0.4) is 0 Å². The van der Waals surface area contributed by atoms with Crippen LogP contribution in [0.1, 0.15) is 23.6 Å². The van der Waals surface area contributed by atoms with Crippen molar-refractivity contribution in [1.29, 1.82) is 0 Å². The highest BCUT2D eigenvalue weighted by molar-refractivity contribution is 5.89. The lowest BCUT2D eigenvalue weighted by atomic mass is 9.99. The maximum absolute atomic E-state index is 13.4. The number of hydrogen-bond donors (Lipinski definition) is 6. The average molecular weight is 586 g/mol. The minimum absolute atomic E-state index is 0.113. The third-order valence-electron chi connectivity index (χ3n) is 6.89. The van der Waals surface area contributed by atoms with Gasteiger partial charge in [-0.05, 0) is 68.1 Å². The van der Waals surface area contributed by atoms with Gasteiger partial charge >= 0.3 is 12.0 Å². The summed E-state index contributed by atoms with van der Waals surface area (Å²) >= 11 is 0. The molecule has 0 radical (unpaired) electrons. The zero-order valence-electron chi connectivity index (χ0n) is 23.4. The quantitative estimate of drug-likeness (QED) is 0.203. The van der Waals surface area contributed by atoms with Gasteiger partial charge in [-0.25, -0.2) is 9.59 Å². The van der Waals surface area contributed by atoms with E-state index in [0.29, 0.717) is 29.1 Å². The van der Waals surface area contributed by atoms with Crippen LogP contribution in [0.25, 0.3) is 10.9 Å². The van der Waals surface area contributed by atoms with Crippen molar-refractivity contribution >= 4 is 28.6 Å². The average Bonchev–Trinajstić information content (AvgIpc) is 2.94. The number of carboxylic acid groups (broad SMARTS) is 1. The van der Waals surface area contributed by atoms with Gasteiger partial charge in [-0.15, -0.1) is 0 Å². The maximum Gasteiger partial charge on any atom is 0.335 e. The van der Waals surface area contributed by atoms with Crippen molar-refractivity contribution in [2.24, 2.45) is 0 Å². The van der Waals surface area contributed by atoms with E-state index < -0.39 is 42.7 Å². The molecule has 0 aliphatic carbocycles. The van der Waals surface area contributed by atoms with Crippen LogP contribution in [0, 0.1) is 13.8 Å². The van der Waals surface area contributed by atoms with E-state index in [-0.39, 0.29) is 25.3 Å². The molecule has 0 spiro atoms. The lowest BCUT2D eigenvalue weighted by molar-refractivity contribution is -0.294. The monoisotopic (exact) mass is 585 g/mol. The van der Waals surface area contributed by atoms with Crippen molar-refractivity contribution in [1.82, 2.24) is 9.88 Å². The number of hydrogen-bond acceptors (Lipinski definition) is 9. The smallest absolute Gasteiger partial charge is 0.335 e. The molecule has 0 bridgehead atoms. The van der Waals surface area contributed by atoms with Crippen LogP contribution < -0.4 is 15.6 Å². The van der Waals surface area contributed by atoms with Gasteiger partial charge in [0.25, 0.3) is 5.56 Å². The molecule has 6 N–H and O–H groups in total. The van der Waals surface area contributed by atoms with Crippen molar-refractivity contribution in [2.75, 3.05) is 25.1 Å². The summed E-state index contributed by atoms with van der Waals surface area (Å²) in [4.78, 5) is 42.0. The van der Waals surface area contributed by atoms with Crippen LogP contribution >= 0.6 is 0 Å². The highest BCUT2D eigenvalue weighted by Crippen LogP contribution is 2.23. The second-order valence-electron chi connectivity index (χ2n) is 10.1. The van der Waals surface area contributed by atoms with E-state index in [4.69, 9.17) is 14.2 Å². The number of anilines is 1. The standard InChI is InChI=1S/C29H35N3O10/c1-4-40-20-7-5-19(6-8-20)30-29(39)32(9-10-41-28-24(35)22(33)23(34)25(42-28)27(37)38)14-18-13-17-12-15(2)11-16(3)21(17)31-26(18)36/h5-8,11-13,22-25,28,33-35H,4,9-10,14H2,1-3H3,(H,30,39)(H,31,36)(H,37,38). The number of aromatic amines is 1. The SMILES string of the molecule is CCOc1ccc(NC(=O)N(CCOC2OC(C(=O)O)C(O)C(O)C2O)Cc2cc3cc(C)cc(C)c3[nH]c2=O)cc1. The zero-order chi connectivity index (χ0) is 30.6. The number of nitrogens with one attached hydrogen (secondary N) is 2. The molecular formula is C29H35N3O10. The number of benzene rings is 2. The number of pyridine rings is 1. The van der Waals surface area contributed by atoms with E-state index in [1.807, 2.05) is 32.9 Å². The molecule has 2 amide bonds. The summed E-state index contributed by atoms with van der Waals surface area (Å²) < 4.78 is 16.1. The molecule has 1 saturated heterocycles. The first-order valence-electron chi connectivity index (χ1n) is 13.4. The van der Waals surface area contributed by atoms with E-state index in [9.17, 15) is 34.8 Å². The fourth-order valence-corrected chi connectivity index (χ4v) is 4.78. The lowest BCUT2D eigenvalue weighted by Crippen LogP contribution is -2.60. The minimum Gasteiger partial charge on any atom is -0.494 e. The summed E-state index contributed by atoms with van der Waals surface area (Å²) in [5, 5.41) is 43.0. The summed E-state index contributed by atoms with van der Waals surface area (Å²) in [5.74, 6) is -0.911. The Morgan fingerprint density at radius 1 is 1.05 bits per heavy atom. The summed E-state index contributed by atoms with van der Waals surface area (Å²) in [6.07, 6.45) is -8.84. The number of urea groups is 1. The van der Waals surface area contributed by atoms with Crippen LogP contribution in [0.4, 0.5) is 10.5 Å². The number of aromatic nitrogens is 1. The molecule has 4 rings (SSSR count). The number of rotatable bonds is 10. The molecule has 1 aliphatic heterocycles. The molecule has 2 aromatic carbocycles. The number of carbonyl (C=O) groups excluding carboxylic acids is 1. The third-order valence-corrected chi connectivity index (χ3v) is 6.89. The molecule has 3 aromatic rings. The molecule has 2 heterocycles. The molecular weight excluding hydrogens is 550 g/mol. The predicted octanol–water partition coefficient (Wildman–Crippen LogP) is 1.49. The fourth-order valence-electron chi connectivity index (χ4n) is 4.78. The highest BCUT2D eigenvalue weighted by atomic mass is 16.7. The molecule has 1 aromatic heterocycles. The van der Waals surface area contributed by atoms with Crippen molar-refractivity contribution in [3.05, 3.63) is 69.5 Å². The first-order valence-corrected chi connectivity index (χ1v) is 13.4. The molecule has 226 valence electrons. The second kappa shape index (κ2) is 13.3. The van der Waals surface area contributed by atoms with Crippen LogP contribution in [-0.4, -0.2) is 92.8 Å². The lowest BCUT2D eigenvalue weighted by Gasteiger charge is -2.38. The second-order valence-corrected chi connectivity index (χ2v) is 10.1. The van der Waals surface area contributed by atoms with E-state index in [1.54, 1.807) is 30.3 Å². The number of aliphatic hydroxyl groups excluding tert-OH is 3. The summed E-state index contributed by atoms with van der Waals surface area (Å²) in [5.41, 5.74) is 3.02. The largest absolute Gasteiger partial charge is 0.494 e. The molecule has 1 aliphatic rings. The Labute approximate surface area is 241 Å². The Hall–Kier alpha value is -4.01. The van der Waals surface area contributed by atoms with Gasteiger partial charge in [0.15, 0.2) is 12.4 Å². The molecule has 0 saturated carbocycles. The van der Waals surface area contributed by atoms with E-state index in [0.717, 1.165) is 16.5 Å². The molecule has 1 fully saturated rings. The van der Waals surface area contributed by atoms with Crippen molar-refractivity contribution < 1.29 is 44.2 Å². The number of aryl methyl sites for hydroxylation is 2. The van der Waals surface area contributed by atoms with Crippen molar-refractivity contribution in [2.45, 2.75) is 58.0 Å². The van der Waals surface area contributed by atoms with E-state index >= 15 is 0 Å². The number of aliphatic hydroxyl groups is 3. The first kappa shape index (κ1) is 30.9. The van der Waals surface area contributed by atoms with Gasteiger partial charge in [-0.1, -0.05) is 11.6 Å². The maximum atomic E-state index is 13.4. The number of nitrogens with zero attached hydrogens (tertiary/aromatic N) is 1. The molecule has 42 heavy (non-hydrogen) atoms. The Kier molecular flexibility index (Phi) is 9.81. The van der Waals surface area contributed by atoms with Crippen LogP contribution in [0.15, 0.2) is 47.3 Å². The van der Waals surface area contributed by atoms with Gasteiger partial charge < -0.3 is 49.8 Å². The van der Waals surface area contributed by atoms with Gasteiger partial charge in [0.2, 0.25) is 0 Å². The molecule has 13 nitrogen and oxygen atoms in total. The van der Waals surface area contributed by atoms with Crippen molar-refractivity contribution in [3.8, 4) is 5.75 Å². The summed E-state index contributed by atoms with van der Waals surface area (Å²) in [6, 6.07) is 11.8. The number of aliphatic carboxylic acids is 1. The van der Waals surface area contributed by atoms with Gasteiger partial charge in [-0.3, -0.25) is 4.79 Å². The Bertz CT molecular complexity index is 1480. The van der Waals surface area contributed by atoms with E-state index in [2.05, 4.69) is 10.3 Å².